The second kappa shape index (κ2) is 14.6. The minimum absolute atomic E-state index is 0.230. The van der Waals surface area contributed by atoms with Crippen LogP contribution in [0.25, 0.3) is 6.08 Å². The predicted molar refractivity (Wildman–Crippen MR) is 165 cm³/mol. The summed E-state index contributed by atoms with van der Waals surface area (Å²) in [7, 11) is 0. The molecule has 0 atom stereocenters. The van der Waals surface area contributed by atoms with Crippen LogP contribution in [0.1, 0.15) is 38.8 Å². The molecule has 42 heavy (non-hydrogen) atoms. The van der Waals surface area contributed by atoms with Crippen molar-refractivity contribution in [2.45, 2.75) is 6.92 Å². The summed E-state index contributed by atoms with van der Waals surface area (Å²) in [5, 5.41) is 7.38. The molecule has 2 amide bonds. The van der Waals surface area contributed by atoms with Crippen molar-refractivity contribution in [1.29, 1.82) is 0 Å². The Hall–Kier alpha value is -4.92. The summed E-state index contributed by atoms with van der Waals surface area (Å²) in [6.07, 6.45) is 4.44. The summed E-state index contributed by atoms with van der Waals surface area (Å²) in [4.78, 5) is 37.3. The van der Waals surface area contributed by atoms with E-state index in [1.807, 2.05) is 37.3 Å². The molecular formula is C32H25Cl2N3O5. The van der Waals surface area contributed by atoms with E-state index in [9.17, 15) is 14.4 Å². The van der Waals surface area contributed by atoms with Crippen molar-refractivity contribution in [3.8, 4) is 11.5 Å². The number of nitrogens with zero attached hydrogens (tertiary/aromatic N) is 1. The predicted octanol–water partition coefficient (Wildman–Crippen LogP) is 7.03. The SMILES string of the molecule is CCOc1cc(/C=N\NC(=O)c2ccc(NC(=O)c3ccc(Cl)cc3Cl)cc2)ccc1OC(=O)/C=C/c1ccccc1. The van der Waals surface area contributed by atoms with E-state index in [1.54, 1.807) is 54.6 Å². The van der Waals surface area contributed by atoms with Gasteiger partial charge in [-0.15, -0.1) is 0 Å². The lowest BCUT2D eigenvalue weighted by Gasteiger charge is -2.10. The molecule has 0 unspecified atom stereocenters. The Balaban J connectivity index is 1.34. The number of ether oxygens (including phenoxy) is 2. The minimum atomic E-state index is -0.548. The van der Waals surface area contributed by atoms with Crippen LogP contribution in [0.4, 0.5) is 5.69 Å². The van der Waals surface area contributed by atoms with Gasteiger partial charge in [-0.1, -0.05) is 53.5 Å². The third kappa shape index (κ3) is 8.54. The van der Waals surface area contributed by atoms with E-state index in [0.29, 0.717) is 34.2 Å². The van der Waals surface area contributed by atoms with Crippen LogP contribution in [0.15, 0.2) is 102 Å². The summed E-state index contributed by atoms with van der Waals surface area (Å²) < 4.78 is 11.1. The summed E-state index contributed by atoms with van der Waals surface area (Å²) >= 11 is 12.0. The number of hydrogen-bond acceptors (Lipinski definition) is 6. The topological polar surface area (TPSA) is 106 Å². The highest BCUT2D eigenvalue weighted by Gasteiger charge is 2.12. The summed E-state index contributed by atoms with van der Waals surface area (Å²) in [5.74, 6) is -0.800. The van der Waals surface area contributed by atoms with Crippen LogP contribution < -0.4 is 20.2 Å². The van der Waals surface area contributed by atoms with Crippen molar-refractivity contribution in [1.82, 2.24) is 5.43 Å². The Labute approximate surface area is 252 Å². The van der Waals surface area contributed by atoms with Crippen LogP contribution in [0.2, 0.25) is 10.0 Å². The van der Waals surface area contributed by atoms with Crippen molar-refractivity contribution in [3.05, 3.63) is 129 Å². The second-order valence-corrected chi connectivity index (χ2v) is 9.50. The number of hydrazone groups is 1. The third-order valence-electron chi connectivity index (χ3n) is 5.65. The lowest BCUT2D eigenvalue weighted by atomic mass is 10.1. The molecule has 0 spiro atoms. The van der Waals surface area contributed by atoms with Gasteiger partial charge in [0.1, 0.15) is 0 Å². The number of hydrogen-bond donors (Lipinski definition) is 2. The number of carbonyl (C=O) groups excluding carboxylic acids is 3. The molecule has 10 heteroatoms. The van der Waals surface area contributed by atoms with Gasteiger partial charge in [-0.3, -0.25) is 9.59 Å². The molecule has 212 valence electrons. The maximum Gasteiger partial charge on any atom is 0.336 e. The van der Waals surface area contributed by atoms with Crippen LogP contribution in [0.3, 0.4) is 0 Å². The van der Waals surface area contributed by atoms with Gasteiger partial charge in [0.15, 0.2) is 11.5 Å². The number of benzene rings is 4. The highest BCUT2D eigenvalue weighted by atomic mass is 35.5. The van der Waals surface area contributed by atoms with Crippen molar-refractivity contribution in [2.24, 2.45) is 5.10 Å². The smallest absolute Gasteiger partial charge is 0.336 e. The van der Waals surface area contributed by atoms with Gasteiger partial charge >= 0.3 is 5.97 Å². The standard InChI is InChI=1S/C32H25Cl2N3O5/c1-2-41-29-18-22(8-16-28(29)42-30(38)17-9-21-6-4-3-5-7-21)20-35-37-31(39)23-10-13-25(14-11-23)36-32(40)26-15-12-24(33)19-27(26)34/h3-20H,2H2,1H3,(H,36,40)(H,37,39)/b17-9+,35-20-. The number of carbonyl (C=O) groups is 3. The van der Waals surface area contributed by atoms with Crippen LogP contribution in [-0.4, -0.2) is 30.6 Å². The van der Waals surface area contributed by atoms with E-state index in [-0.39, 0.29) is 16.3 Å². The average molecular weight is 602 g/mol. The van der Waals surface area contributed by atoms with Gasteiger partial charge in [0.25, 0.3) is 11.8 Å². The molecule has 0 aromatic heterocycles. The fourth-order valence-electron chi connectivity index (χ4n) is 3.64. The number of anilines is 1. The molecule has 0 bridgehead atoms. The molecule has 8 nitrogen and oxygen atoms in total. The fourth-order valence-corrected chi connectivity index (χ4v) is 4.13. The van der Waals surface area contributed by atoms with E-state index in [1.165, 1.54) is 24.4 Å². The number of halogens is 2. The summed E-state index contributed by atoms with van der Waals surface area (Å²) in [6.45, 7) is 2.16. The third-order valence-corrected chi connectivity index (χ3v) is 6.20. The quantitative estimate of drug-likeness (QED) is 0.0667. The Bertz CT molecular complexity index is 1640. The maximum atomic E-state index is 12.5. The van der Waals surface area contributed by atoms with Gasteiger partial charge in [-0.25, -0.2) is 10.2 Å². The van der Waals surface area contributed by atoms with Crippen molar-refractivity contribution in [2.75, 3.05) is 11.9 Å². The van der Waals surface area contributed by atoms with Gasteiger partial charge in [0.05, 0.1) is 23.4 Å². The van der Waals surface area contributed by atoms with Crippen molar-refractivity contribution >= 4 is 59.0 Å². The van der Waals surface area contributed by atoms with E-state index in [4.69, 9.17) is 32.7 Å². The normalized spacial score (nSPS) is 10.9. The van der Waals surface area contributed by atoms with Crippen molar-refractivity contribution in [3.63, 3.8) is 0 Å². The molecule has 2 N–H and O–H groups in total. The highest BCUT2D eigenvalue weighted by Crippen LogP contribution is 2.28. The van der Waals surface area contributed by atoms with E-state index in [0.717, 1.165) is 5.56 Å². The largest absolute Gasteiger partial charge is 0.490 e. The van der Waals surface area contributed by atoms with Crippen molar-refractivity contribution < 1.29 is 23.9 Å². The zero-order chi connectivity index (χ0) is 29.9. The van der Waals surface area contributed by atoms with Crippen LogP contribution in [-0.2, 0) is 4.79 Å². The molecular weight excluding hydrogens is 577 g/mol. The Morgan fingerprint density at radius 2 is 1.60 bits per heavy atom. The molecule has 4 aromatic rings. The lowest BCUT2D eigenvalue weighted by Crippen LogP contribution is -2.18. The first-order valence-corrected chi connectivity index (χ1v) is 13.5. The van der Waals surface area contributed by atoms with Gasteiger partial charge in [0, 0.05) is 22.3 Å². The highest BCUT2D eigenvalue weighted by molar-refractivity contribution is 6.37. The molecule has 0 saturated heterocycles. The van der Waals surface area contributed by atoms with Gasteiger partial charge in [0.2, 0.25) is 0 Å². The molecule has 0 heterocycles. The zero-order valence-corrected chi connectivity index (χ0v) is 23.9. The first-order chi connectivity index (χ1) is 20.3. The first-order valence-electron chi connectivity index (χ1n) is 12.7. The van der Waals surface area contributed by atoms with E-state index in [2.05, 4.69) is 15.8 Å². The minimum Gasteiger partial charge on any atom is -0.490 e. The Morgan fingerprint density at radius 3 is 2.31 bits per heavy atom. The molecule has 4 aromatic carbocycles. The summed E-state index contributed by atoms with van der Waals surface area (Å²) in [6, 6.07) is 25.2. The second-order valence-electron chi connectivity index (χ2n) is 8.66. The lowest BCUT2D eigenvalue weighted by molar-refractivity contribution is -0.129. The number of esters is 1. The molecule has 4 rings (SSSR count). The number of rotatable bonds is 10. The van der Waals surface area contributed by atoms with Gasteiger partial charge in [-0.05, 0) is 84.8 Å². The molecule has 0 aliphatic rings. The number of nitrogens with one attached hydrogen (secondary N) is 2. The molecule has 0 radical (unpaired) electrons. The zero-order valence-electron chi connectivity index (χ0n) is 22.3. The average Bonchev–Trinajstić information content (AvgIpc) is 2.98. The van der Waals surface area contributed by atoms with Gasteiger partial charge in [-0.2, -0.15) is 5.10 Å². The van der Waals surface area contributed by atoms with Crippen LogP contribution >= 0.6 is 23.2 Å². The first kappa shape index (κ1) is 30.0. The Kier molecular flexibility index (Phi) is 10.5. The molecule has 0 fully saturated rings. The summed E-state index contributed by atoms with van der Waals surface area (Å²) in [5.41, 5.74) is 5.01. The molecule has 0 aliphatic heterocycles. The van der Waals surface area contributed by atoms with Crippen LogP contribution in [0.5, 0.6) is 11.5 Å². The Morgan fingerprint density at radius 1 is 0.833 bits per heavy atom. The fraction of sp³-hybridized carbons (Fsp3) is 0.0625. The molecule has 0 aliphatic carbocycles. The van der Waals surface area contributed by atoms with E-state index >= 15 is 0 Å². The maximum absolute atomic E-state index is 12.5. The van der Waals surface area contributed by atoms with E-state index < -0.39 is 17.8 Å². The monoisotopic (exact) mass is 601 g/mol. The molecule has 0 saturated carbocycles. The van der Waals surface area contributed by atoms with Crippen LogP contribution in [0, 0.1) is 0 Å². The number of amides is 2. The van der Waals surface area contributed by atoms with Gasteiger partial charge < -0.3 is 14.8 Å².